The molecule has 0 saturated carbocycles. The second-order valence-corrected chi connectivity index (χ2v) is 4.50. The lowest BCUT2D eigenvalue weighted by Gasteiger charge is -2.14. The SMILES string of the molecule is Cc1cc(C)c(-n2ccnc2CCN)c(C)c1. The zero-order valence-electron chi connectivity index (χ0n) is 10.7. The number of benzene rings is 1. The van der Waals surface area contributed by atoms with E-state index in [-0.39, 0.29) is 0 Å². The molecule has 90 valence electrons. The maximum atomic E-state index is 5.61. The van der Waals surface area contributed by atoms with Gasteiger partial charge in [-0.15, -0.1) is 0 Å². The van der Waals surface area contributed by atoms with Crippen LogP contribution in [0.4, 0.5) is 0 Å². The first-order valence-electron chi connectivity index (χ1n) is 5.94. The van der Waals surface area contributed by atoms with Crippen molar-refractivity contribution >= 4 is 0 Å². The van der Waals surface area contributed by atoms with Gasteiger partial charge >= 0.3 is 0 Å². The summed E-state index contributed by atoms with van der Waals surface area (Å²) in [5.41, 5.74) is 10.7. The molecule has 2 rings (SSSR count). The third-order valence-electron chi connectivity index (χ3n) is 2.96. The third kappa shape index (κ3) is 2.24. The van der Waals surface area contributed by atoms with E-state index >= 15 is 0 Å². The van der Waals surface area contributed by atoms with E-state index in [0.717, 1.165) is 12.2 Å². The minimum absolute atomic E-state index is 0.626. The molecule has 17 heavy (non-hydrogen) atoms. The van der Waals surface area contributed by atoms with Gasteiger partial charge in [0.25, 0.3) is 0 Å². The van der Waals surface area contributed by atoms with Crippen LogP contribution in [0.15, 0.2) is 24.5 Å². The van der Waals surface area contributed by atoms with E-state index in [9.17, 15) is 0 Å². The van der Waals surface area contributed by atoms with Crippen molar-refractivity contribution in [1.82, 2.24) is 9.55 Å². The third-order valence-corrected chi connectivity index (χ3v) is 2.96. The molecule has 0 amide bonds. The maximum absolute atomic E-state index is 5.61. The highest BCUT2D eigenvalue weighted by Gasteiger charge is 2.09. The smallest absolute Gasteiger partial charge is 0.114 e. The van der Waals surface area contributed by atoms with Crippen LogP contribution >= 0.6 is 0 Å². The minimum Gasteiger partial charge on any atom is -0.330 e. The van der Waals surface area contributed by atoms with Crippen molar-refractivity contribution in [2.24, 2.45) is 5.73 Å². The first-order valence-corrected chi connectivity index (χ1v) is 5.94. The fourth-order valence-corrected chi connectivity index (χ4v) is 2.40. The van der Waals surface area contributed by atoms with Crippen molar-refractivity contribution in [3.63, 3.8) is 0 Å². The Morgan fingerprint density at radius 1 is 1.18 bits per heavy atom. The molecule has 0 spiro atoms. The summed E-state index contributed by atoms with van der Waals surface area (Å²) in [5.74, 6) is 1.03. The Kier molecular flexibility index (Phi) is 3.29. The van der Waals surface area contributed by atoms with Crippen molar-refractivity contribution in [3.05, 3.63) is 47.0 Å². The summed E-state index contributed by atoms with van der Waals surface area (Å²) < 4.78 is 2.15. The van der Waals surface area contributed by atoms with E-state index in [2.05, 4.69) is 42.5 Å². The van der Waals surface area contributed by atoms with Crippen molar-refractivity contribution in [1.29, 1.82) is 0 Å². The first-order chi connectivity index (χ1) is 8.13. The summed E-state index contributed by atoms with van der Waals surface area (Å²) in [7, 11) is 0. The molecule has 1 heterocycles. The zero-order chi connectivity index (χ0) is 12.4. The van der Waals surface area contributed by atoms with E-state index < -0.39 is 0 Å². The van der Waals surface area contributed by atoms with Gasteiger partial charge in [-0.1, -0.05) is 17.7 Å². The van der Waals surface area contributed by atoms with Gasteiger partial charge in [-0.05, 0) is 38.4 Å². The van der Waals surface area contributed by atoms with Crippen LogP contribution in [0, 0.1) is 20.8 Å². The van der Waals surface area contributed by atoms with E-state index in [0.29, 0.717) is 6.54 Å². The van der Waals surface area contributed by atoms with Crippen molar-refractivity contribution in [3.8, 4) is 5.69 Å². The molecule has 0 atom stereocenters. The molecule has 0 aliphatic heterocycles. The molecule has 0 aliphatic carbocycles. The summed E-state index contributed by atoms with van der Waals surface area (Å²) in [6.45, 7) is 7.03. The zero-order valence-corrected chi connectivity index (χ0v) is 10.7. The van der Waals surface area contributed by atoms with Gasteiger partial charge in [-0.25, -0.2) is 4.98 Å². The van der Waals surface area contributed by atoms with Gasteiger partial charge in [0.1, 0.15) is 5.82 Å². The summed E-state index contributed by atoms with van der Waals surface area (Å²) in [5, 5.41) is 0. The van der Waals surface area contributed by atoms with E-state index in [1.807, 2.05) is 12.4 Å². The van der Waals surface area contributed by atoms with E-state index in [4.69, 9.17) is 5.73 Å². The lowest BCUT2D eigenvalue weighted by Crippen LogP contribution is -2.10. The molecule has 0 saturated heterocycles. The quantitative estimate of drug-likeness (QED) is 0.877. The molecule has 1 aromatic carbocycles. The average molecular weight is 229 g/mol. The Morgan fingerprint density at radius 2 is 1.82 bits per heavy atom. The first kappa shape index (κ1) is 11.9. The number of aryl methyl sites for hydroxylation is 3. The van der Waals surface area contributed by atoms with Crippen LogP contribution in [0.3, 0.4) is 0 Å². The monoisotopic (exact) mass is 229 g/mol. The number of hydrogen-bond donors (Lipinski definition) is 1. The highest BCUT2D eigenvalue weighted by molar-refractivity contribution is 5.49. The molecule has 0 unspecified atom stereocenters. The van der Waals surface area contributed by atoms with Gasteiger partial charge in [-0.3, -0.25) is 0 Å². The summed E-state index contributed by atoms with van der Waals surface area (Å²) >= 11 is 0. The van der Waals surface area contributed by atoms with Crippen LogP contribution in [0.5, 0.6) is 0 Å². The average Bonchev–Trinajstić information content (AvgIpc) is 2.65. The molecule has 0 radical (unpaired) electrons. The molecule has 0 fully saturated rings. The minimum atomic E-state index is 0.626. The molecule has 2 aromatic rings. The number of rotatable bonds is 3. The molecule has 2 N–H and O–H groups in total. The van der Waals surface area contributed by atoms with Crippen LogP contribution in [-0.4, -0.2) is 16.1 Å². The predicted octanol–water partition coefficient (Wildman–Crippen LogP) is 2.30. The second kappa shape index (κ2) is 4.72. The Hall–Kier alpha value is -1.61. The number of aromatic nitrogens is 2. The van der Waals surface area contributed by atoms with Gasteiger partial charge < -0.3 is 10.3 Å². The van der Waals surface area contributed by atoms with Crippen molar-refractivity contribution in [2.75, 3.05) is 6.54 Å². The molecule has 3 heteroatoms. The number of nitrogens with two attached hydrogens (primary N) is 1. The van der Waals surface area contributed by atoms with Gasteiger partial charge in [0, 0.05) is 18.8 Å². The molecule has 3 nitrogen and oxygen atoms in total. The molecular formula is C14H19N3. The Labute approximate surface area is 102 Å². The van der Waals surface area contributed by atoms with Gasteiger partial charge in [0.15, 0.2) is 0 Å². The molecule has 1 aromatic heterocycles. The molecular weight excluding hydrogens is 210 g/mol. The number of hydrogen-bond acceptors (Lipinski definition) is 2. The lowest BCUT2D eigenvalue weighted by molar-refractivity contribution is 0.830. The highest BCUT2D eigenvalue weighted by Crippen LogP contribution is 2.22. The fraction of sp³-hybridized carbons (Fsp3) is 0.357. The maximum Gasteiger partial charge on any atom is 0.114 e. The number of imidazole rings is 1. The van der Waals surface area contributed by atoms with E-state index in [1.54, 1.807) is 0 Å². The highest BCUT2D eigenvalue weighted by atomic mass is 15.1. The Morgan fingerprint density at radius 3 is 2.41 bits per heavy atom. The fourth-order valence-electron chi connectivity index (χ4n) is 2.40. The Balaban J connectivity index is 2.56. The van der Waals surface area contributed by atoms with Crippen LogP contribution in [0.2, 0.25) is 0 Å². The summed E-state index contributed by atoms with van der Waals surface area (Å²) in [6.07, 6.45) is 4.65. The second-order valence-electron chi connectivity index (χ2n) is 4.50. The van der Waals surface area contributed by atoms with Crippen LogP contribution in [-0.2, 0) is 6.42 Å². The topological polar surface area (TPSA) is 43.8 Å². The van der Waals surface area contributed by atoms with Crippen LogP contribution in [0.1, 0.15) is 22.5 Å². The molecule has 0 bridgehead atoms. The van der Waals surface area contributed by atoms with Gasteiger partial charge in [-0.2, -0.15) is 0 Å². The van der Waals surface area contributed by atoms with Gasteiger partial charge in [0.2, 0.25) is 0 Å². The lowest BCUT2D eigenvalue weighted by atomic mass is 10.0. The van der Waals surface area contributed by atoms with Crippen molar-refractivity contribution < 1.29 is 0 Å². The van der Waals surface area contributed by atoms with E-state index in [1.165, 1.54) is 22.4 Å². The standard InChI is InChI=1S/C14H19N3/c1-10-8-11(2)14(12(3)9-10)17-7-6-16-13(17)4-5-15/h6-9H,4-5,15H2,1-3H3. The largest absolute Gasteiger partial charge is 0.330 e. The van der Waals surface area contributed by atoms with Gasteiger partial charge in [0.05, 0.1) is 5.69 Å². The number of nitrogens with zero attached hydrogens (tertiary/aromatic N) is 2. The van der Waals surface area contributed by atoms with Crippen LogP contribution in [0.25, 0.3) is 5.69 Å². The van der Waals surface area contributed by atoms with Crippen molar-refractivity contribution in [2.45, 2.75) is 27.2 Å². The predicted molar refractivity (Wildman–Crippen MR) is 70.5 cm³/mol. The van der Waals surface area contributed by atoms with Crippen LogP contribution < -0.4 is 5.73 Å². The summed E-state index contributed by atoms with van der Waals surface area (Å²) in [4.78, 5) is 4.37. The molecule has 0 aliphatic rings. The normalized spacial score (nSPS) is 10.8. The Bertz CT molecular complexity index is 503. The summed E-state index contributed by atoms with van der Waals surface area (Å²) in [6, 6.07) is 4.41.